The van der Waals surface area contributed by atoms with Gasteiger partial charge in [-0.05, 0) is 83.5 Å². The summed E-state index contributed by atoms with van der Waals surface area (Å²) in [5.74, 6) is -2.73. The summed E-state index contributed by atoms with van der Waals surface area (Å²) < 4.78 is 10.6. The third-order valence-electron chi connectivity index (χ3n) is 8.36. The maximum Gasteiger partial charge on any atom is 0.408 e. The summed E-state index contributed by atoms with van der Waals surface area (Å²) in [6.45, 7) is 24.3. The van der Waals surface area contributed by atoms with E-state index in [1.807, 2.05) is 34.6 Å². The zero-order chi connectivity index (χ0) is 36.1. The van der Waals surface area contributed by atoms with Crippen LogP contribution >= 0.6 is 0 Å². The number of rotatable bonds is 13. The van der Waals surface area contributed by atoms with Crippen LogP contribution in [0, 0.1) is 22.7 Å². The molecule has 4 N–H and O–H groups in total. The fraction of sp³-hybridized carbons (Fsp3) is 0.765. The Morgan fingerprint density at radius 2 is 1.43 bits per heavy atom. The Morgan fingerprint density at radius 3 is 1.96 bits per heavy atom. The van der Waals surface area contributed by atoms with Crippen LogP contribution in [0.25, 0.3) is 0 Å². The number of fused-ring (bicyclic) bond motifs is 1. The summed E-state index contributed by atoms with van der Waals surface area (Å²) in [6, 6.07) is -3.02. The van der Waals surface area contributed by atoms with Crippen LogP contribution in [-0.4, -0.2) is 89.6 Å². The maximum absolute atomic E-state index is 14.1. The quantitative estimate of drug-likeness (QED) is 0.132. The number of nitrogens with zero attached hydrogens (tertiary/aromatic N) is 1. The number of nitrogens with one attached hydrogen (secondary N) is 4. The van der Waals surface area contributed by atoms with Gasteiger partial charge in [-0.3, -0.25) is 19.2 Å². The van der Waals surface area contributed by atoms with Crippen molar-refractivity contribution in [1.29, 1.82) is 0 Å². The lowest BCUT2D eigenvalue weighted by atomic mass is 9.85. The van der Waals surface area contributed by atoms with Gasteiger partial charge in [-0.1, -0.05) is 40.7 Å². The van der Waals surface area contributed by atoms with Gasteiger partial charge in [-0.25, -0.2) is 9.59 Å². The van der Waals surface area contributed by atoms with Crippen LogP contribution < -0.4 is 21.3 Å². The van der Waals surface area contributed by atoms with Crippen LogP contribution in [0.2, 0.25) is 0 Å². The largest absolute Gasteiger partial charge is 0.444 e. The van der Waals surface area contributed by atoms with Gasteiger partial charge >= 0.3 is 12.2 Å². The third kappa shape index (κ3) is 11.2. The minimum absolute atomic E-state index is 0.0595. The highest BCUT2D eigenvalue weighted by molar-refractivity contribution is 6.38. The number of ketones is 1. The molecule has 2 aliphatic rings. The van der Waals surface area contributed by atoms with Crippen molar-refractivity contribution in [2.24, 2.45) is 22.7 Å². The summed E-state index contributed by atoms with van der Waals surface area (Å²) in [4.78, 5) is 80.1. The average molecular weight is 664 g/mol. The molecule has 13 heteroatoms. The van der Waals surface area contributed by atoms with Crippen molar-refractivity contribution in [3.8, 4) is 0 Å². The van der Waals surface area contributed by atoms with Gasteiger partial charge in [0.25, 0.3) is 5.91 Å². The second kappa shape index (κ2) is 15.1. The molecule has 0 bridgehead atoms. The van der Waals surface area contributed by atoms with E-state index in [9.17, 15) is 28.8 Å². The molecular formula is C34H57N5O8. The molecule has 1 aliphatic heterocycles. The molecular weight excluding hydrogens is 606 g/mol. The first-order valence-electron chi connectivity index (χ1n) is 16.4. The van der Waals surface area contributed by atoms with Crippen molar-refractivity contribution in [2.75, 3.05) is 19.6 Å². The van der Waals surface area contributed by atoms with E-state index in [4.69, 9.17) is 9.47 Å². The molecule has 0 aromatic heterocycles. The smallest absolute Gasteiger partial charge is 0.408 e. The molecule has 1 saturated heterocycles. The molecule has 0 radical (unpaired) electrons. The van der Waals surface area contributed by atoms with Crippen LogP contribution in [0.1, 0.15) is 95.4 Å². The van der Waals surface area contributed by atoms with E-state index >= 15 is 0 Å². The summed E-state index contributed by atoms with van der Waals surface area (Å²) >= 11 is 0. The Labute approximate surface area is 279 Å². The summed E-state index contributed by atoms with van der Waals surface area (Å²) in [5, 5.41) is 10.6. The number of allylic oxidation sites excluding steroid dienone is 1. The van der Waals surface area contributed by atoms with Crippen LogP contribution in [0.4, 0.5) is 9.59 Å². The third-order valence-corrected chi connectivity index (χ3v) is 8.36. The number of hydrogen-bond acceptors (Lipinski definition) is 8. The van der Waals surface area contributed by atoms with E-state index in [1.165, 1.54) is 4.90 Å². The molecule has 2 fully saturated rings. The van der Waals surface area contributed by atoms with Crippen molar-refractivity contribution in [3.63, 3.8) is 0 Å². The number of carbonyl (C=O) groups is 6. The van der Waals surface area contributed by atoms with Gasteiger partial charge < -0.3 is 35.6 Å². The van der Waals surface area contributed by atoms with E-state index in [0.29, 0.717) is 19.4 Å². The molecule has 1 heterocycles. The molecule has 5 amide bonds. The fourth-order valence-electron chi connectivity index (χ4n) is 5.90. The lowest BCUT2D eigenvalue weighted by Gasteiger charge is -2.38. The van der Waals surface area contributed by atoms with Crippen LogP contribution in [-0.2, 0) is 28.7 Å². The van der Waals surface area contributed by atoms with Crippen molar-refractivity contribution in [3.05, 3.63) is 12.7 Å². The molecule has 1 aliphatic carbocycles. The summed E-state index contributed by atoms with van der Waals surface area (Å²) in [6.07, 6.45) is 1.13. The van der Waals surface area contributed by atoms with Gasteiger partial charge in [0.05, 0.1) is 6.04 Å². The van der Waals surface area contributed by atoms with Crippen LogP contribution in [0.5, 0.6) is 0 Å². The maximum atomic E-state index is 14.1. The highest BCUT2D eigenvalue weighted by Crippen LogP contribution is 2.65. The fourth-order valence-corrected chi connectivity index (χ4v) is 5.90. The summed E-state index contributed by atoms with van der Waals surface area (Å²) in [5.41, 5.74) is -2.33. The lowest BCUT2D eigenvalue weighted by molar-refractivity contribution is -0.145. The predicted octanol–water partition coefficient (Wildman–Crippen LogP) is 3.46. The minimum atomic E-state index is -1.14. The van der Waals surface area contributed by atoms with Gasteiger partial charge in [0.2, 0.25) is 17.6 Å². The zero-order valence-electron chi connectivity index (χ0n) is 30.1. The molecule has 47 heavy (non-hydrogen) atoms. The highest BCUT2D eigenvalue weighted by Gasteiger charge is 2.70. The number of alkyl carbamates (subject to hydrolysis) is 2. The van der Waals surface area contributed by atoms with Gasteiger partial charge in [0.15, 0.2) is 0 Å². The average Bonchev–Trinajstić information content (AvgIpc) is 3.23. The summed E-state index contributed by atoms with van der Waals surface area (Å²) in [7, 11) is 0. The van der Waals surface area contributed by atoms with Crippen molar-refractivity contribution < 1.29 is 38.2 Å². The van der Waals surface area contributed by atoms with E-state index < -0.39 is 70.4 Å². The van der Waals surface area contributed by atoms with E-state index in [1.54, 1.807) is 47.6 Å². The molecule has 2 rings (SSSR count). The Balaban J connectivity index is 2.15. The Kier molecular flexibility index (Phi) is 12.7. The van der Waals surface area contributed by atoms with Gasteiger partial charge in [0, 0.05) is 19.6 Å². The predicted molar refractivity (Wildman–Crippen MR) is 177 cm³/mol. The monoisotopic (exact) mass is 663 g/mol. The molecule has 5 atom stereocenters. The topological polar surface area (TPSA) is 172 Å². The van der Waals surface area contributed by atoms with Crippen LogP contribution in [0.15, 0.2) is 12.7 Å². The lowest BCUT2D eigenvalue weighted by Crippen LogP contribution is -2.60. The molecule has 1 unspecified atom stereocenters. The molecule has 0 aromatic carbocycles. The van der Waals surface area contributed by atoms with Crippen molar-refractivity contribution >= 4 is 35.7 Å². The van der Waals surface area contributed by atoms with Gasteiger partial charge in [-0.2, -0.15) is 0 Å². The van der Waals surface area contributed by atoms with Gasteiger partial charge in [0.1, 0.15) is 23.3 Å². The molecule has 266 valence electrons. The molecule has 13 nitrogen and oxygen atoms in total. The Hall–Kier alpha value is -3.64. The molecule has 0 aromatic rings. The second-order valence-electron chi connectivity index (χ2n) is 16.2. The zero-order valence-corrected chi connectivity index (χ0v) is 30.1. The normalized spacial score (nSPS) is 21.3. The SMILES string of the molecule is C=CCCC(NC(=O)[C@@H]1[C@H]2[C@@H](CN1C(=O)[C@@H](NC(=O)OC(C)(C)C)C(C)(C)C)C2(C)C)C(=O)C(=O)NCCCNC(=O)OC(C)(C)C. The molecule has 1 saturated carbocycles. The number of Topliss-reactive ketones (excluding diaryl/α,β-unsaturated/α-hetero) is 1. The molecule has 0 spiro atoms. The number of piperidine rings is 1. The Morgan fingerprint density at radius 1 is 0.872 bits per heavy atom. The number of likely N-dealkylation sites (tertiary alicyclic amines) is 1. The number of carbonyl (C=O) groups excluding carboxylic acids is 6. The Bertz CT molecular complexity index is 1210. The highest BCUT2D eigenvalue weighted by atomic mass is 16.6. The van der Waals surface area contributed by atoms with E-state index in [2.05, 4.69) is 27.8 Å². The number of ether oxygens (including phenoxy) is 2. The second-order valence-corrected chi connectivity index (χ2v) is 16.2. The first kappa shape index (κ1) is 39.5. The van der Waals surface area contributed by atoms with E-state index in [-0.39, 0.29) is 36.8 Å². The number of hydrogen-bond donors (Lipinski definition) is 4. The minimum Gasteiger partial charge on any atom is -0.444 e. The van der Waals surface area contributed by atoms with E-state index in [0.717, 1.165) is 0 Å². The first-order chi connectivity index (χ1) is 21.4. The van der Waals surface area contributed by atoms with Crippen LogP contribution in [0.3, 0.4) is 0 Å². The van der Waals surface area contributed by atoms with Gasteiger partial charge in [-0.15, -0.1) is 6.58 Å². The van der Waals surface area contributed by atoms with Crippen molar-refractivity contribution in [2.45, 2.75) is 125 Å². The number of amides is 5. The first-order valence-corrected chi connectivity index (χ1v) is 16.4. The standard InChI is InChI=1S/C34H57N5O8/c1-13-14-16-21(24(40)27(42)35-17-15-18-36-29(44)46-32(5,6)7)37-26(41)23-22-20(34(22,11)12)19-39(23)28(43)25(31(2,3)4)38-30(45)47-33(8,9)10/h13,20-23,25H,1,14-19H2,2-12H3,(H,35,42)(H,36,44)(H,37,41)(H,38,45)/t20-,21?,22-,23+,25-/m1/s1. The van der Waals surface area contributed by atoms with Crippen molar-refractivity contribution in [1.82, 2.24) is 26.2 Å².